The minimum absolute atomic E-state index is 0.131. The molecule has 0 aliphatic carbocycles. The van der Waals surface area contributed by atoms with Crippen LogP contribution in [0.4, 0.5) is 10.1 Å². The molecule has 76 valence electrons. The topological polar surface area (TPSA) is 52.3 Å². The molecule has 0 atom stereocenters. The van der Waals surface area contributed by atoms with Crippen LogP contribution in [-0.4, -0.2) is 13.1 Å². The van der Waals surface area contributed by atoms with Crippen molar-refractivity contribution in [2.75, 3.05) is 12.8 Å². The summed E-state index contributed by atoms with van der Waals surface area (Å²) in [6.07, 6.45) is -0.131. The number of nitrogens with two attached hydrogens (primary N) is 1. The van der Waals surface area contributed by atoms with Crippen molar-refractivity contribution in [2.45, 2.75) is 6.42 Å². The molecule has 0 fully saturated rings. The van der Waals surface area contributed by atoms with Crippen molar-refractivity contribution in [3.63, 3.8) is 0 Å². The molecular weight excluding hydrogens is 253 g/mol. The lowest BCUT2D eigenvalue weighted by Gasteiger charge is -2.06. The first kappa shape index (κ1) is 11.0. The van der Waals surface area contributed by atoms with Crippen molar-refractivity contribution in [3.05, 3.63) is 28.0 Å². The van der Waals surface area contributed by atoms with Crippen molar-refractivity contribution in [3.8, 4) is 0 Å². The smallest absolute Gasteiger partial charge is 0.310 e. The zero-order chi connectivity index (χ0) is 10.7. The van der Waals surface area contributed by atoms with Crippen LogP contribution in [0, 0.1) is 5.82 Å². The summed E-state index contributed by atoms with van der Waals surface area (Å²) in [5.74, 6) is -0.980. The third-order valence-corrected chi connectivity index (χ3v) is 2.70. The number of hydrogen-bond acceptors (Lipinski definition) is 3. The van der Waals surface area contributed by atoms with Crippen LogP contribution in [0.15, 0.2) is 16.6 Å². The van der Waals surface area contributed by atoms with Crippen LogP contribution in [0.1, 0.15) is 5.56 Å². The highest BCUT2D eigenvalue weighted by Crippen LogP contribution is 2.26. The summed E-state index contributed by atoms with van der Waals surface area (Å²) in [6.45, 7) is 0. The molecule has 0 heterocycles. The van der Waals surface area contributed by atoms with Crippen LogP contribution in [0.25, 0.3) is 0 Å². The summed E-state index contributed by atoms with van der Waals surface area (Å²) in [5.41, 5.74) is 6.15. The monoisotopic (exact) mass is 261 g/mol. The van der Waals surface area contributed by atoms with Gasteiger partial charge in [0, 0.05) is 15.7 Å². The maximum atomic E-state index is 13.2. The molecule has 0 saturated heterocycles. The minimum atomic E-state index is -0.504. The average molecular weight is 262 g/mol. The summed E-state index contributed by atoms with van der Waals surface area (Å²) in [6, 6.07) is 2.65. The Hall–Kier alpha value is -1.10. The highest BCUT2D eigenvalue weighted by Gasteiger charge is 2.13. The van der Waals surface area contributed by atoms with Crippen molar-refractivity contribution in [1.29, 1.82) is 0 Å². The Morgan fingerprint density at radius 2 is 2.29 bits per heavy atom. The van der Waals surface area contributed by atoms with E-state index in [1.165, 1.54) is 19.2 Å². The van der Waals surface area contributed by atoms with Gasteiger partial charge in [0.05, 0.1) is 13.5 Å². The number of methoxy groups -OCH3 is 1. The first-order valence-corrected chi connectivity index (χ1v) is 4.64. The number of carbonyl (C=O) groups is 1. The molecule has 0 saturated carbocycles. The fourth-order valence-electron chi connectivity index (χ4n) is 0.994. The second-order valence-electron chi connectivity index (χ2n) is 2.68. The predicted molar refractivity (Wildman–Crippen MR) is 54.2 cm³/mol. The average Bonchev–Trinajstić information content (AvgIpc) is 2.18. The lowest BCUT2D eigenvalue weighted by Crippen LogP contribution is -2.07. The molecule has 14 heavy (non-hydrogen) atoms. The van der Waals surface area contributed by atoms with Crippen LogP contribution in [0.3, 0.4) is 0 Å². The number of carbonyl (C=O) groups excluding carboxylic acids is 1. The molecule has 1 aromatic carbocycles. The van der Waals surface area contributed by atoms with Gasteiger partial charge in [0.15, 0.2) is 0 Å². The van der Waals surface area contributed by atoms with Gasteiger partial charge in [-0.2, -0.15) is 0 Å². The van der Waals surface area contributed by atoms with Gasteiger partial charge in [-0.25, -0.2) is 4.39 Å². The number of benzene rings is 1. The standard InChI is InChI=1S/C9H9BrFNO2/c1-14-8(13)4-5-6(11)2-3-7(12)9(5)10/h2-3H,4,12H2,1H3. The number of nitrogen functional groups attached to an aromatic ring is 1. The van der Waals surface area contributed by atoms with Gasteiger partial charge in [-0.15, -0.1) is 0 Å². The van der Waals surface area contributed by atoms with Gasteiger partial charge < -0.3 is 10.5 Å². The summed E-state index contributed by atoms with van der Waals surface area (Å²) < 4.78 is 18.1. The Balaban J connectivity index is 3.06. The largest absolute Gasteiger partial charge is 0.469 e. The molecule has 0 aliphatic heterocycles. The lowest BCUT2D eigenvalue weighted by atomic mass is 10.1. The van der Waals surface area contributed by atoms with E-state index in [0.717, 1.165) is 0 Å². The quantitative estimate of drug-likeness (QED) is 0.654. The number of anilines is 1. The molecule has 0 aliphatic rings. The Kier molecular flexibility index (Phi) is 3.46. The second-order valence-corrected chi connectivity index (χ2v) is 3.48. The zero-order valence-electron chi connectivity index (χ0n) is 7.51. The highest BCUT2D eigenvalue weighted by atomic mass is 79.9. The lowest BCUT2D eigenvalue weighted by molar-refractivity contribution is -0.139. The predicted octanol–water partition coefficient (Wildman–Crippen LogP) is 1.89. The van der Waals surface area contributed by atoms with Crippen LogP contribution in [0.2, 0.25) is 0 Å². The summed E-state index contributed by atoms with van der Waals surface area (Å²) >= 11 is 3.12. The molecule has 0 unspecified atom stereocenters. The fraction of sp³-hybridized carbons (Fsp3) is 0.222. The summed E-state index contributed by atoms with van der Waals surface area (Å²) in [4.78, 5) is 10.9. The molecule has 2 N–H and O–H groups in total. The maximum Gasteiger partial charge on any atom is 0.310 e. The van der Waals surface area contributed by atoms with Crippen molar-refractivity contribution in [1.82, 2.24) is 0 Å². The summed E-state index contributed by atoms with van der Waals surface area (Å²) in [5, 5.41) is 0. The van der Waals surface area contributed by atoms with E-state index in [9.17, 15) is 9.18 Å². The molecule has 5 heteroatoms. The number of ether oxygens (including phenoxy) is 1. The molecule has 0 amide bonds. The maximum absolute atomic E-state index is 13.2. The second kappa shape index (κ2) is 4.41. The Morgan fingerprint density at radius 1 is 1.64 bits per heavy atom. The van der Waals surface area contributed by atoms with Crippen LogP contribution < -0.4 is 5.73 Å². The molecule has 3 nitrogen and oxygen atoms in total. The Morgan fingerprint density at radius 3 is 2.86 bits per heavy atom. The van der Waals surface area contributed by atoms with Gasteiger partial charge >= 0.3 is 5.97 Å². The summed E-state index contributed by atoms with van der Waals surface area (Å²) in [7, 11) is 1.25. The first-order valence-electron chi connectivity index (χ1n) is 3.85. The van der Waals surface area contributed by atoms with Gasteiger partial charge in [-0.3, -0.25) is 4.79 Å². The number of rotatable bonds is 2. The molecule has 0 bridgehead atoms. The molecule has 1 aromatic rings. The van der Waals surface area contributed by atoms with E-state index in [-0.39, 0.29) is 12.0 Å². The normalized spacial score (nSPS) is 9.93. The molecule has 0 aromatic heterocycles. The highest BCUT2D eigenvalue weighted by molar-refractivity contribution is 9.10. The number of hydrogen-bond donors (Lipinski definition) is 1. The Bertz CT molecular complexity index is 368. The Labute approximate surface area is 89.2 Å². The van der Waals surface area contributed by atoms with E-state index in [4.69, 9.17) is 5.73 Å². The van der Waals surface area contributed by atoms with E-state index in [1.54, 1.807) is 0 Å². The van der Waals surface area contributed by atoms with Crippen LogP contribution in [0.5, 0.6) is 0 Å². The van der Waals surface area contributed by atoms with Gasteiger partial charge in [-0.1, -0.05) is 0 Å². The van der Waals surface area contributed by atoms with Crippen molar-refractivity contribution < 1.29 is 13.9 Å². The minimum Gasteiger partial charge on any atom is -0.469 e. The van der Waals surface area contributed by atoms with Gasteiger partial charge in [0.25, 0.3) is 0 Å². The fourth-order valence-corrected chi connectivity index (χ4v) is 1.46. The van der Waals surface area contributed by atoms with Gasteiger partial charge in [0.1, 0.15) is 5.82 Å². The first-order chi connectivity index (χ1) is 6.56. The molecular formula is C9H9BrFNO2. The van der Waals surface area contributed by atoms with Crippen molar-refractivity contribution in [2.24, 2.45) is 0 Å². The third kappa shape index (κ3) is 2.23. The SMILES string of the molecule is COC(=O)Cc1c(F)ccc(N)c1Br. The molecule has 0 radical (unpaired) electrons. The number of esters is 1. The van der Waals surface area contributed by atoms with E-state index >= 15 is 0 Å². The zero-order valence-corrected chi connectivity index (χ0v) is 9.10. The van der Waals surface area contributed by atoms with E-state index in [2.05, 4.69) is 20.7 Å². The van der Waals surface area contributed by atoms with E-state index < -0.39 is 11.8 Å². The van der Waals surface area contributed by atoms with Crippen molar-refractivity contribution >= 4 is 27.6 Å². The van der Waals surface area contributed by atoms with Crippen LogP contribution in [-0.2, 0) is 16.0 Å². The van der Waals surface area contributed by atoms with E-state index in [1.807, 2.05) is 0 Å². The van der Waals surface area contributed by atoms with Gasteiger partial charge in [-0.05, 0) is 28.1 Å². The number of halogens is 2. The molecule has 0 spiro atoms. The molecule has 1 rings (SSSR count). The third-order valence-electron chi connectivity index (χ3n) is 1.76. The van der Waals surface area contributed by atoms with Gasteiger partial charge in [0.2, 0.25) is 0 Å². The van der Waals surface area contributed by atoms with E-state index in [0.29, 0.717) is 10.2 Å². The van der Waals surface area contributed by atoms with Crippen LogP contribution >= 0.6 is 15.9 Å².